The van der Waals surface area contributed by atoms with Crippen LogP contribution in [0.25, 0.3) is 6.08 Å². The molecule has 0 aliphatic carbocycles. The van der Waals surface area contributed by atoms with E-state index in [-0.39, 0.29) is 29.7 Å². The van der Waals surface area contributed by atoms with E-state index in [1.807, 2.05) is 44.2 Å². The lowest BCUT2D eigenvalue weighted by atomic mass is 9.87. The Kier molecular flexibility index (Phi) is 11.0. The number of ether oxygens (including phenoxy) is 4. The van der Waals surface area contributed by atoms with Crippen LogP contribution in [0.1, 0.15) is 69.7 Å². The lowest BCUT2D eigenvalue weighted by Gasteiger charge is -2.19. The molecule has 44 heavy (non-hydrogen) atoms. The van der Waals surface area contributed by atoms with Crippen molar-refractivity contribution >= 4 is 29.0 Å². The molecular formula is C36H43NO6S. The standard InChI is InChI=1S/C36H43NO6S/c1-8-40-32-22-26(10-16-30(32)43-20-19-41-28-13-11-27(12-14-28)36(5,6)7)23-33-34(38)37(35(39)44-33)17-18-42-31-21-25(4)9-15-29(31)24(2)3/h9-16,21-24H,8,17-20H2,1-7H3/b33-23-. The van der Waals surface area contributed by atoms with Gasteiger partial charge in [-0.2, -0.15) is 0 Å². The predicted octanol–water partition coefficient (Wildman–Crippen LogP) is 8.39. The van der Waals surface area contributed by atoms with Crippen molar-refractivity contribution in [1.82, 2.24) is 4.90 Å². The van der Waals surface area contributed by atoms with Crippen LogP contribution in [0.5, 0.6) is 23.0 Å². The van der Waals surface area contributed by atoms with E-state index in [4.69, 9.17) is 18.9 Å². The Morgan fingerprint density at radius 2 is 1.52 bits per heavy atom. The molecule has 0 bridgehead atoms. The van der Waals surface area contributed by atoms with Crippen LogP contribution < -0.4 is 18.9 Å². The molecule has 3 aromatic carbocycles. The zero-order chi connectivity index (χ0) is 31.9. The van der Waals surface area contributed by atoms with Gasteiger partial charge in [0.2, 0.25) is 0 Å². The Morgan fingerprint density at radius 3 is 2.20 bits per heavy atom. The van der Waals surface area contributed by atoms with Crippen molar-refractivity contribution in [2.75, 3.05) is 33.0 Å². The van der Waals surface area contributed by atoms with Crippen LogP contribution in [0.15, 0.2) is 65.6 Å². The van der Waals surface area contributed by atoms with E-state index in [1.165, 1.54) is 10.5 Å². The number of thioether (sulfide) groups is 1. The van der Waals surface area contributed by atoms with Crippen molar-refractivity contribution in [2.24, 2.45) is 0 Å². The Balaban J connectivity index is 1.34. The van der Waals surface area contributed by atoms with E-state index in [0.29, 0.717) is 42.1 Å². The lowest BCUT2D eigenvalue weighted by Crippen LogP contribution is -2.32. The van der Waals surface area contributed by atoms with E-state index >= 15 is 0 Å². The van der Waals surface area contributed by atoms with Crippen LogP contribution in [0.4, 0.5) is 4.79 Å². The molecule has 1 aliphatic heterocycles. The molecule has 2 amide bonds. The monoisotopic (exact) mass is 617 g/mol. The summed E-state index contributed by atoms with van der Waals surface area (Å²) in [7, 11) is 0. The molecule has 0 saturated carbocycles. The first-order valence-corrected chi connectivity index (χ1v) is 15.9. The number of imide groups is 1. The molecule has 4 rings (SSSR count). The molecule has 3 aromatic rings. The van der Waals surface area contributed by atoms with Gasteiger partial charge in [0.25, 0.3) is 11.1 Å². The van der Waals surface area contributed by atoms with Crippen LogP contribution in [0.3, 0.4) is 0 Å². The van der Waals surface area contributed by atoms with Crippen molar-refractivity contribution in [2.45, 2.75) is 59.8 Å². The zero-order valence-electron chi connectivity index (χ0n) is 26.8. The average molecular weight is 618 g/mol. The normalized spacial score (nSPS) is 14.5. The molecule has 0 radical (unpaired) electrons. The topological polar surface area (TPSA) is 74.3 Å². The van der Waals surface area contributed by atoms with Crippen LogP contribution in [-0.2, 0) is 10.2 Å². The summed E-state index contributed by atoms with van der Waals surface area (Å²) in [5.74, 6) is 2.68. The van der Waals surface area contributed by atoms with Gasteiger partial charge in [0, 0.05) is 0 Å². The van der Waals surface area contributed by atoms with Crippen LogP contribution >= 0.6 is 11.8 Å². The minimum atomic E-state index is -0.331. The van der Waals surface area contributed by atoms with Gasteiger partial charge in [-0.3, -0.25) is 14.5 Å². The third-order valence-electron chi connectivity index (χ3n) is 7.13. The highest BCUT2D eigenvalue weighted by Crippen LogP contribution is 2.35. The number of hydrogen-bond acceptors (Lipinski definition) is 7. The molecule has 1 fully saturated rings. The summed E-state index contributed by atoms with van der Waals surface area (Å²) >= 11 is 0.928. The molecule has 0 N–H and O–H groups in total. The minimum Gasteiger partial charge on any atom is -0.491 e. The van der Waals surface area contributed by atoms with Gasteiger partial charge in [0.15, 0.2) is 11.5 Å². The van der Waals surface area contributed by atoms with Gasteiger partial charge in [-0.1, -0.05) is 65.0 Å². The second-order valence-corrected chi connectivity index (χ2v) is 13.0. The van der Waals surface area contributed by atoms with Gasteiger partial charge in [0.05, 0.1) is 18.1 Å². The number of amides is 2. The minimum absolute atomic E-state index is 0.0901. The summed E-state index contributed by atoms with van der Waals surface area (Å²) in [6.07, 6.45) is 1.71. The van der Waals surface area contributed by atoms with Crippen LogP contribution in [0.2, 0.25) is 0 Å². The van der Waals surface area contributed by atoms with Gasteiger partial charge in [0.1, 0.15) is 31.3 Å². The first-order valence-electron chi connectivity index (χ1n) is 15.1. The number of carbonyl (C=O) groups excluding carboxylic acids is 2. The molecule has 0 spiro atoms. The fourth-order valence-electron chi connectivity index (χ4n) is 4.70. The first-order chi connectivity index (χ1) is 21.0. The zero-order valence-corrected chi connectivity index (χ0v) is 27.6. The molecular weight excluding hydrogens is 574 g/mol. The molecule has 0 aromatic heterocycles. The van der Waals surface area contributed by atoms with E-state index in [2.05, 4.69) is 58.9 Å². The Morgan fingerprint density at radius 1 is 0.818 bits per heavy atom. The quantitative estimate of drug-likeness (QED) is 0.141. The highest BCUT2D eigenvalue weighted by Gasteiger charge is 2.35. The van der Waals surface area contributed by atoms with Gasteiger partial charge in [-0.05, 0) is 95.6 Å². The van der Waals surface area contributed by atoms with E-state index in [9.17, 15) is 9.59 Å². The summed E-state index contributed by atoms with van der Waals surface area (Å²) in [6, 6.07) is 19.7. The van der Waals surface area contributed by atoms with Crippen molar-refractivity contribution < 1.29 is 28.5 Å². The van der Waals surface area contributed by atoms with Crippen molar-refractivity contribution in [3.63, 3.8) is 0 Å². The summed E-state index contributed by atoms with van der Waals surface area (Å²) in [5, 5.41) is -0.309. The van der Waals surface area contributed by atoms with E-state index in [0.717, 1.165) is 40.0 Å². The van der Waals surface area contributed by atoms with Crippen LogP contribution in [-0.4, -0.2) is 49.0 Å². The highest BCUT2D eigenvalue weighted by molar-refractivity contribution is 8.18. The number of hydrogen-bond donors (Lipinski definition) is 0. The molecule has 8 heteroatoms. The molecule has 234 valence electrons. The van der Waals surface area contributed by atoms with Gasteiger partial charge >= 0.3 is 0 Å². The Bertz CT molecular complexity index is 1490. The summed E-state index contributed by atoms with van der Waals surface area (Å²) in [5.41, 5.74) is 4.27. The molecule has 1 heterocycles. The third-order valence-corrected chi connectivity index (χ3v) is 8.04. The maximum Gasteiger partial charge on any atom is 0.293 e. The third kappa shape index (κ3) is 8.59. The molecule has 7 nitrogen and oxygen atoms in total. The molecule has 1 saturated heterocycles. The summed E-state index contributed by atoms with van der Waals surface area (Å²) < 4.78 is 23.7. The summed E-state index contributed by atoms with van der Waals surface area (Å²) in [4.78, 5) is 27.4. The SMILES string of the molecule is CCOc1cc(/C=C2\SC(=O)N(CCOc3cc(C)ccc3C(C)C)C2=O)ccc1OCCOc1ccc(C(C)(C)C)cc1. The van der Waals surface area contributed by atoms with Crippen molar-refractivity contribution in [3.8, 4) is 23.0 Å². The number of carbonyl (C=O) groups is 2. The van der Waals surface area contributed by atoms with Gasteiger partial charge < -0.3 is 18.9 Å². The smallest absolute Gasteiger partial charge is 0.293 e. The number of benzene rings is 3. The van der Waals surface area contributed by atoms with Crippen molar-refractivity contribution in [3.05, 3.63) is 87.8 Å². The van der Waals surface area contributed by atoms with Crippen LogP contribution in [0, 0.1) is 6.92 Å². The number of rotatable bonds is 13. The molecule has 0 unspecified atom stereocenters. The first kappa shape index (κ1) is 33.0. The lowest BCUT2D eigenvalue weighted by molar-refractivity contribution is -0.123. The second-order valence-electron chi connectivity index (χ2n) is 12.0. The maximum atomic E-state index is 13.1. The Hall–Kier alpha value is -3.91. The average Bonchev–Trinajstić information content (AvgIpc) is 3.23. The largest absolute Gasteiger partial charge is 0.491 e. The predicted molar refractivity (Wildman–Crippen MR) is 177 cm³/mol. The fraction of sp³-hybridized carbons (Fsp3) is 0.389. The second kappa shape index (κ2) is 14.7. The highest BCUT2D eigenvalue weighted by atomic mass is 32.2. The number of aryl methyl sites for hydroxylation is 1. The van der Waals surface area contributed by atoms with E-state index < -0.39 is 0 Å². The molecule has 1 aliphatic rings. The molecule has 0 atom stereocenters. The number of nitrogens with zero attached hydrogens (tertiary/aromatic N) is 1. The van der Waals surface area contributed by atoms with Gasteiger partial charge in [-0.25, -0.2) is 0 Å². The fourth-order valence-corrected chi connectivity index (χ4v) is 5.56. The van der Waals surface area contributed by atoms with Gasteiger partial charge in [-0.15, -0.1) is 0 Å². The van der Waals surface area contributed by atoms with Crippen molar-refractivity contribution in [1.29, 1.82) is 0 Å². The maximum absolute atomic E-state index is 13.1. The Labute approximate surface area is 265 Å². The summed E-state index contributed by atoms with van der Waals surface area (Å²) in [6.45, 7) is 16.2. The van der Waals surface area contributed by atoms with E-state index in [1.54, 1.807) is 12.1 Å².